The summed E-state index contributed by atoms with van der Waals surface area (Å²) in [4.78, 5) is 24.2. The third-order valence-electron chi connectivity index (χ3n) is 3.76. The second-order valence-corrected chi connectivity index (χ2v) is 6.05. The summed E-state index contributed by atoms with van der Waals surface area (Å²) in [5.41, 5.74) is 0.145. The molecule has 0 radical (unpaired) electrons. The number of hydrogen-bond donors (Lipinski definition) is 2. The number of carbonyl (C=O) groups is 1. The molecule has 7 nitrogen and oxygen atoms in total. The van der Waals surface area contributed by atoms with E-state index in [9.17, 15) is 19.1 Å². The van der Waals surface area contributed by atoms with Crippen LogP contribution in [0, 0.1) is 5.82 Å². The van der Waals surface area contributed by atoms with E-state index in [1.807, 2.05) is 0 Å². The molecule has 24 heavy (non-hydrogen) atoms. The van der Waals surface area contributed by atoms with Crippen molar-refractivity contribution in [2.75, 3.05) is 0 Å². The first-order valence-electron chi connectivity index (χ1n) is 7.49. The van der Waals surface area contributed by atoms with Crippen LogP contribution in [0.2, 0.25) is 5.02 Å². The first-order chi connectivity index (χ1) is 11.5. The van der Waals surface area contributed by atoms with E-state index in [2.05, 4.69) is 10.4 Å². The molecule has 0 atom stereocenters. The SMILES string of the molecule is O=C(Cn1nc(CO)n(C2CC2)c1=O)NCc1ccc(Cl)c(F)c1. The van der Waals surface area contributed by atoms with Crippen LogP contribution in [0.5, 0.6) is 0 Å². The minimum absolute atomic E-state index is 0.0128. The number of aromatic nitrogens is 3. The first kappa shape index (κ1) is 16.7. The van der Waals surface area contributed by atoms with Gasteiger partial charge in [-0.3, -0.25) is 9.36 Å². The number of amides is 1. The van der Waals surface area contributed by atoms with E-state index in [0.29, 0.717) is 5.56 Å². The zero-order valence-corrected chi connectivity index (χ0v) is 13.5. The Hall–Kier alpha value is -2.19. The second kappa shape index (κ2) is 6.74. The molecule has 3 rings (SSSR count). The van der Waals surface area contributed by atoms with Gasteiger partial charge in [-0.2, -0.15) is 5.10 Å². The summed E-state index contributed by atoms with van der Waals surface area (Å²) in [5, 5.41) is 15.9. The predicted molar refractivity (Wildman–Crippen MR) is 83.9 cm³/mol. The van der Waals surface area contributed by atoms with Gasteiger partial charge in [0.1, 0.15) is 19.0 Å². The van der Waals surface area contributed by atoms with Gasteiger partial charge in [0.25, 0.3) is 0 Å². The average Bonchev–Trinajstić information content (AvgIpc) is 3.34. The minimum Gasteiger partial charge on any atom is -0.388 e. The van der Waals surface area contributed by atoms with Gasteiger partial charge in [-0.15, -0.1) is 0 Å². The van der Waals surface area contributed by atoms with Gasteiger partial charge in [0.2, 0.25) is 5.91 Å². The number of nitrogens with zero attached hydrogens (tertiary/aromatic N) is 3. The molecule has 1 aromatic heterocycles. The van der Waals surface area contributed by atoms with Crippen molar-refractivity contribution < 1.29 is 14.3 Å². The standard InChI is InChI=1S/C15H16ClFN4O3/c16-11-4-1-9(5-12(11)17)6-18-14(23)7-20-15(24)21(10-2-3-10)13(8-22)19-20/h1,4-5,10,22H,2-3,6-8H2,(H,18,23). The van der Waals surface area contributed by atoms with Crippen LogP contribution in [-0.4, -0.2) is 25.4 Å². The van der Waals surface area contributed by atoms with Gasteiger partial charge in [-0.25, -0.2) is 13.9 Å². The minimum atomic E-state index is -0.560. The van der Waals surface area contributed by atoms with E-state index >= 15 is 0 Å². The Kier molecular flexibility index (Phi) is 4.68. The zero-order chi connectivity index (χ0) is 17.3. The Bertz CT molecular complexity index is 829. The molecule has 1 aromatic carbocycles. The highest BCUT2D eigenvalue weighted by Gasteiger charge is 2.29. The number of hydrogen-bond acceptors (Lipinski definition) is 4. The first-order valence-corrected chi connectivity index (χ1v) is 7.87. The number of halogens is 2. The Labute approximate surface area is 141 Å². The molecule has 0 unspecified atom stereocenters. The van der Waals surface area contributed by atoms with Crippen LogP contribution in [0.3, 0.4) is 0 Å². The number of rotatable bonds is 6. The normalized spacial score (nSPS) is 14.0. The van der Waals surface area contributed by atoms with E-state index in [-0.39, 0.29) is 36.6 Å². The molecule has 0 bridgehead atoms. The van der Waals surface area contributed by atoms with Gasteiger partial charge < -0.3 is 10.4 Å². The summed E-state index contributed by atoms with van der Waals surface area (Å²) in [6, 6.07) is 4.31. The molecule has 2 N–H and O–H groups in total. The third-order valence-corrected chi connectivity index (χ3v) is 4.07. The maximum Gasteiger partial charge on any atom is 0.346 e. The molecule has 0 saturated heterocycles. The van der Waals surface area contributed by atoms with Crippen molar-refractivity contribution in [3.63, 3.8) is 0 Å². The largest absolute Gasteiger partial charge is 0.388 e. The number of aliphatic hydroxyl groups is 1. The summed E-state index contributed by atoms with van der Waals surface area (Å²) < 4.78 is 15.8. The Morgan fingerprint density at radius 1 is 1.46 bits per heavy atom. The van der Waals surface area contributed by atoms with Gasteiger partial charge in [0, 0.05) is 12.6 Å². The Morgan fingerprint density at radius 2 is 2.21 bits per heavy atom. The lowest BCUT2D eigenvalue weighted by atomic mass is 10.2. The van der Waals surface area contributed by atoms with Gasteiger partial charge in [0.15, 0.2) is 5.82 Å². The van der Waals surface area contributed by atoms with Crippen molar-refractivity contribution in [1.29, 1.82) is 0 Å². The maximum atomic E-state index is 13.3. The highest BCUT2D eigenvalue weighted by Crippen LogP contribution is 2.34. The molecule has 2 aromatic rings. The van der Waals surface area contributed by atoms with Crippen LogP contribution in [0.1, 0.15) is 30.3 Å². The summed E-state index contributed by atoms with van der Waals surface area (Å²) in [7, 11) is 0. The number of carbonyl (C=O) groups excluding carboxylic acids is 1. The Morgan fingerprint density at radius 3 is 2.83 bits per heavy atom. The topological polar surface area (TPSA) is 89.2 Å². The summed E-state index contributed by atoms with van der Waals surface area (Å²) in [5.74, 6) is -0.733. The molecule has 0 aliphatic heterocycles. The second-order valence-electron chi connectivity index (χ2n) is 5.64. The van der Waals surface area contributed by atoms with Crippen molar-refractivity contribution in [2.45, 2.75) is 38.6 Å². The quantitative estimate of drug-likeness (QED) is 0.809. The fourth-order valence-corrected chi connectivity index (χ4v) is 2.54. The molecule has 1 heterocycles. The fraction of sp³-hybridized carbons (Fsp3) is 0.400. The molecule has 9 heteroatoms. The Balaban J connectivity index is 1.64. The molecular weight excluding hydrogens is 339 g/mol. The number of benzene rings is 1. The van der Waals surface area contributed by atoms with Crippen LogP contribution in [0.4, 0.5) is 4.39 Å². The molecule has 1 fully saturated rings. The third kappa shape index (κ3) is 3.49. The molecule has 1 saturated carbocycles. The van der Waals surface area contributed by atoms with Crippen molar-refractivity contribution in [3.8, 4) is 0 Å². The fourth-order valence-electron chi connectivity index (χ4n) is 2.42. The summed E-state index contributed by atoms with van der Waals surface area (Å²) in [6.45, 7) is -0.510. The smallest absolute Gasteiger partial charge is 0.346 e. The molecule has 0 spiro atoms. The van der Waals surface area contributed by atoms with Gasteiger partial charge in [-0.05, 0) is 30.5 Å². The molecule has 1 aliphatic carbocycles. The lowest BCUT2D eigenvalue weighted by molar-refractivity contribution is -0.122. The highest BCUT2D eigenvalue weighted by molar-refractivity contribution is 6.30. The monoisotopic (exact) mass is 354 g/mol. The van der Waals surface area contributed by atoms with Crippen molar-refractivity contribution >= 4 is 17.5 Å². The predicted octanol–water partition coefficient (Wildman–Crippen LogP) is 0.981. The summed E-state index contributed by atoms with van der Waals surface area (Å²) in [6.07, 6.45) is 1.74. The van der Waals surface area contributed by atoms with Crippen molar-refractivity contribution in [3.05, 3.63) is 50.9 Å². The summed E-state index contributed by atoms with van der Waals surface area (Å²) >= 11 is 5.60. The average molecular weight is 355 g/mol. The van der Waals surface area contributed by atoms with Crippen LogP contribution in [-0.2, 0) is 24.5 Å². The van der Waals surface area contributed by atoms with E-state index in [1.165, 1.54) is 16.7 Å². The lowest BCUT2D eigenvalue weighted by Gasteiger charge is -2.05. The number of nitrogens with one attached hydrogen (secondary N) is 1. The molecule has 1 aliphatic rings. The molecular formula is C15H16ClFN4O3. The van der Waals surface area contributed by atoms with E-state index in [0.717, 1.165) is 17.5 Å². The van der Waals surface area contributed by atoms with E-state index in [4.69, 9.17) is 11.6 Å². The molecule has 128 valence electrons. The van der Waals surface area contributed by atoms with Gasteiger partial charge >= 0.3 is 5.69 Å². The van der Waals surface area contributed by atoms with Crippen LogP contribution >= 0.6 is 11.6 Å². The van der Waals surface area contributed by atoms with Gasteiger partial charge in [-0.1, -0.05) is 17.7 Å². The van der Waals surface area contributed by atoms with Crippen molar-refractivity contribution in [1.82, 2.24) is 19.7 Å². The molecule has 1 amide bonds. The van der Waals surface area contributed by atoms with Gasteiger partial charge in [0.05, 0.1) is 5.02 Å². The van der Waals surface area contributed by atoms with E-state index in [1.54, 1.807) is 6.07 Å². The van der Waals surface area contributed by atoms with Crippen LogP contribution < -0.4 is 11.0 Å². The zero-order valence-electron chi connectivity index (χ0n) is 12.7. The maximum absolute atomic E-state index is 13.3. The van der Waals surface area contributed by atoms with Crippen LogP contribution in [0.15, 0.2) is 23.0 Å². The van der Waals surface area contributed by atoms with Crippen molar-refractivity contribution in [2.24, 2.45) is 0 Å². The highest BCUT2D eigenvalue weighted by atomic mass is 35.5. The lowest BCUT2D eigenvalue weighted by Crippen LogP contribution is -2.33. The number of aliphatic hydroxyl groups excluding tert-OH is 1. The van der Waals surface area contributed by atoms with E-state index < -0.39 is 17.4 Å². The van der Waals surface area contributed by atoms with Crippen LogP contribution in [0.25, 0.3) is 0 Å².